The van der Waals surface area contributed by atoms with Gasteiger partial charge in [0.15, 0.2) is 17.5 Å². The van der Waals surface area contributed by atoms with Crippen LogP contribution in [0.25, 0.3) is 0 Å². The molecule has 24 heavy (non-hydrogen) atoms. The van der Waals surface area contributed by atoms with Gasteiger partial charge >= 0.3 is 0 Å². The number of rotatable bonds is 4. The zero-order chi connectivity index (χ0) is 17.1. The first-order valence-electron chi connectivity index (χ1n) is 7.78. The van der Waals surface area contributed by atoms with Gasteiger partial charge in [-0.3, -0.25) is 5.01 Å². The van der Waals surface area contributed by atoms with Crippen molar-refractivity contribution in [3.8, 4) is 17.6 Å². The van der Waals surface area contributed by atoms with E-state index in [-0.39, 0.29) is 11.8 Å². The van der Waals surface area contributed by atoms with Crippen molar-refractivity contribution in [2.45, 2.75) is 25.4 Å². The van der Waals surface area contributed by atoms with Crippen LogP contribution in [-0.4, -0.2) is 22.9 Å². The Bertz CT molecular complexity index is 796. The van der Waals surface area contributed by atoms with E-state index < -0.39 is 6.04 Å². The van der Waals surface area contributed by atoms with E-state index in [1.165, 1.54) is 7.11 Å². The Hall–Kier alpha value is -3.00. The second-order valence-electron chi connectivity index (χ2n) is 5.81. The van der Waals surface area contributed by atoms with Crippen LogP contribution in [0.3, 0.4) is 0 Å². The Morgan fingerprint density at radius 2 is 2.04 bits per heavy atom. The largest absolute Gasteiger partial charge is 0.504 e. The average Bonchev–Trinajstić information content (AvgIpc) is 2.99. The maximum absolute atomic E-state index is 9.78. The minimum Gasteiger partial charge on any atom is -0.504 e. The summed E-state index contributed by atoms with van der Waals surface area (Å²) in [6.45, 7) is 1.97. The zero-order valence-corrected chi connectivity index (χ0v) is 13.7. The number of nitriles is 1. The standard InChI is InChI=1S/C19H19N3O2/c1-13-10-16(14-6-4-3-5-7-14)22(21-13)17(12-20)15-8-9-18(23)19(11-15)24-2/h3-9,11,16-17,23H,10H2,1-2H3/t16-,17+/m1/s1. The molecule has 122 valence electrons. The predicted octanol–water partition coefficient (Wildman–Crippen LogP) is 3.79. The number of hydrazone groups is 1. The van der Waals surface area contributed by atoms with Crippen LogP contribution in [0.5, 0.6) is 11.5 Å². The predicted molar refractivity (Wildman–Crippen MR) is 91.8 cm³/mol. The van der Waals surface area contributed by atoms with Gasteiger partial charge in [0.25, 0.3) is 0 Å². The molecule has 0 spiro atoms. The number of benzene rings is 2. The summed E-state index contributed by atoms with van der Waals surface area (Å²) >= 11 is 0. The van der Waals surface area contributed by atoms with Crippen molar-refractivity contribution in [1.29, 1.82) is 5.26 Å². The first kappa shape index (κ1) is 15.9. The van der Waals surface area contributed by atoms with Gasteiger partial charge in [-0.2, -0.15) is 10.4 Å². The number of hydrogen-bond acceptors (Lipinski definition) is 5. The fourth-order valence-electron chi connectivity index (χ4n) is 3.02. The molecule has 5 nitrogen and oxygen atoms in total. The highest BCUT2D eigenvalue weighted by atomic mass is 16.5. The molecule has 0 saturated heterocycles. The fraction of sp³-hybridized carbons (Fsp3) is 0.263. The van der Waals surface area contributed by atoms with Crippen LogP contribution >= 0.6 is 0 Å². The van der Waals surface area contributed by atoms with E-state index in [4.69, 9.17) is 4.74 Å². The van der Waals surface area contributed by atoms with Gasteiger partial charge in [-0.25, -0.2) is 0 Å². The monoisotopic (exact) mass is 321 g/mol. The first-order chi connectivity index (χ1) is 11.6. The summed E-state index contributed by atoms with van der Waals surface area (Å²) in [4.78, 5) is 0. The molecule has 1 aliphatic heterocycles. The van der Waals surface area contributed by atoms with Gasteiger partial charge in [-0.05, 0) is 30.2 Å². The highest BCUT2D eigenvalue weighted by Gasteiger charge is 2.33. The quantitative estimate of drug-likeness (QED) is 0.930. The Labute approximate surface area is 141 Å². The molecule has 0 fully saturated rings. The van der Waals surface area contributed by atoms with Crippen LogP contribution in [-0.2, 0) is 0 Å². The zero-order valence-electron chi connectivity index (χ0n) is 13.7. The lowest BCUT2D eigenvalue weighted by Gasteiger charge is -2.28. The molecule has 0 saturated carbocycles. The highest BCUT2D eigenvalue weighted by molar-refractivity contribution is 5.84. The Morgan fingerprint density at radius 1 is 1.29 bits per heavy atom. The molecule has 0 aromatic heterocycles. The summed E-state index contributed by atoms with van der Waals surface area (Å²) < 4.78 is 5.16. The fourth-order valence-corrected chi connectivity index (χ4v) is 3.02. The molecule has 5 heteroatoms. The van der Waals surface area contributed by atoms with Crippen molar-refractivity contribution < 1.29 is 9.84 Å². The van der Waals surface area contributed by atoms with Crippen molar-refractivity contribution >= 4 is 5.71 Å². The normalized spacial score (nSPS) is 18.0. The molecule has 0 aliphatic carbocycles. The van der Waals surface area contributed by atoms with Gasteiger partial charge in [0.1, 0.15) is 0 Å². The third kappa shape index (κ3) is 2.91. The second kappa shape index (κ2) is 6.63. The molecule has 0 radical (unpaired) electrons. The van der Waals surface area contributed by atoms with E-state index in [0.717, 1.165) is 23.3 Å². The molecule has 2 aromatic rings. The first-order valence-corrected chi connectivity index (χ1v) is 7.78. The van der Waals surface area contributed by atoms with E-state index in [2.05, 4.69) is 23.3 Å². The smallest absolute Gasteiger partial charge is 0.160 e. The van der Waals surface area contributed by atoms with E-state index >= 15 is 0 Å². The van der Waals surface area contributed by atoms with E-state index in [1.54, 1.807) is 18.2 Å². The number of methoxy groups -OCH3 is 1. The lowest BCUT2D eigenvalue weighted by Crippen LogP contribution is -2.24. The number of phenolic OH excluding ortho intramolecular Hbond substituents is 1. The van der Waals surface area contributed by atoms with Crippen molar-refractivity contribution in [3.63, 3.8) is 0 Å². The molecular formula is C19H19N3O2. The molecule has 0 unspecified atom stereocenters. The third-order valence-corrected chi connectivity index (χ3v) is 4.18. The highest BCUT2D eigenvalue weighted by Crippen LogP contribution is 2.39. The molecule has 2 aromatic carbocycles. The molecule has 1 N–H and O–H groups in total. The van der Waals surface area contributed by atoms with E-state index in [0.29, 0.717) is 5.75 Å². The van der Waals surface area contributed by atoms with Crippen LogP contribution in [0.15, 0.2) is 53.6 Å². The number of aromatic hydroxyl groups is 1. The van der Waals surface area contributed by atoms with Crippen molar-refractivity contribution in [2.75, 3.05) is 7.11 Å². The third-order valence-electron chi connectivity index (χ3n) is 4.18. The molecule has 2 atom stereocenters. The van der Waals surface area contributed by atoms with Gasteiger partial charge in [-0.1, -0.05) is 36.4 Å². The molecule has 1 heterocycles. The van der Waals surface area contributed by atoms with Gasteiger partial charge < -0.3 is 9.84 Å². The summed E-state index contributed by atoms with van der Waals surface area (Å²) in [5, 5.41) is 26.0. The summed E-state index contributed by atoms with van der Waals surface area (Å²) in [6.07, 6.45) is 0.789. The molecule has 3 rings (SSSR count). The topological polar surface area (TPSA) is 68.8 Å². The van der Waals surface area contributed by atoms with Gasteiger partial charge in [0.05, 0.1) is 19.2 Å². The number of nitrogens with zero attached hydrogens (tertiary/aromatic N) is 3. The van der Waals surface area contributed by atoms with Crippen LogP contribution in [0, 0.1) is 11.3 Å². The van der Waals surface area contributed by atoms with Crippen LogP contribution < -0.4 is 4.74 Å². The molecule has 1 aliphatic rings. The van der Waals surface area contributed by atoms with E-state index in [9.17, 15) is 10.4 Å². The maximum Gasteiger partial charge on any atom is 0.160 e. The minimum absolute atomic E-state index is 0.0237. The summed E-state index contributed by atoms with van der Waals surface area (Å²) in [5.74, 6) is 0.405. The minimum atomic E-state index is -0.554. The molecule has 0 amide bonds. The Balaban J connectivity index is 1.98. The van der Waals surface area contributed by atoms with Crippen LogP contribution in [0.2, 0.25) is 0 Å². The molecule has 0 bridgehead atoms. The average molecular weight is 321 g/mol. The van der Waals surface area contributed by atoms with Crippen molar-refractivity contribution in [2.24, 2.45) is 5.10 Å². The van der Waals surface area contributed by atoms with Crippen molar-refractivity contribution in [1.82, 2.24) is 5.01 Å². The summed E-state index contributed by atoms with van der Waals surface area (Å²) in [7, 11) is 1.49. The Morgan fingerprint density at radius 3 is 2.71 bits per heavy atom. The SMILES string of the molecule is COc1cc([C@H](C#N)N2N=C(C)C[C@@H]2c2ccccc2)ccc1O. The lowest BCUT2D eigenvalue weighted by molar-refractivity contribution is 0.196. The summed E-state index contributed by atoms with van der Waals surface area (Å²) in [6, 6.07) is 16.8. The van der Waals surface area contributed by atoms with Crippen LogP contribution in [0.4, 0.5) is 0 Å². The lowest BCUT2D eigenvalue weighted by atomic mass is 9.99. The van der Waals surface area contributed by atoms with Crippen molar-refractivity contribution in [3.05, 3.63) is 59.7 Å². The van der Waals surface area contributed by atoms with Gasteiger partial charge in [-0.15, -0.1) is 0 Å². The summed E-state index contributed by atoms with van der Waals surface area (Å²) in [5.41, 5.74) is 2.87. The second-order valence-corrected chi connectivity index (χ2v) is 5.81. The Kier molecular flexibility index (Phi) is 4.39. The number of phenols is 1. The number of hydrogen-bond donors (Lipinski definition) is 1. The van der Waals surface area contributed by atoms with Crippen LogP contribution in [0.1, 0.15) is 36.6 Å². The van der Waals surface area contributed by atoms with E-state index in [1.807, 2.05) is 30.1 Å². The van der Waals surface area contributed by atoms with Gasteiger partial charge in [0.2, 0.25) is 0 Å². The van der Waals surface area contributed by atoms with Gasteiger partial charge in [0, 0.05) is 12.1 Å². The number of ether oxygens (including phenoxy) is 1. The maximum atomic E-state index is 9.78. The molecular weight excluding hydrogens is 302 g/mol.